The molecule has 0 saturated heterocycles. The third-order valence-electron chi connectivity index (χ3n) is 1.44. The van der Waals surface area contributed by atoms with Gasteiger partial charge in [0.1, 0.15) is 5.75 Å². The number of phenolic OH excluding ortho intramolecular Hbond substituents is 1. The van der Waals surface area contributed by atoms with E-state index >= 15 is 0 Å². The summed E-state index contributed by atoms with van der Waals surface area (Å²) in [6.07, 6.45) is 1.30. The second-order valence-electron chi connectivity index (χ2n) is 2.61. The molecule has 0 aliphatic carbocycles. The Bertz CT molecular complexity index is 392. The van der Waals surface area contributed by atoms with E-state index in [1.807, 2.05) is 0 Å². The number of aliphatic carboxylic acids is 1. The number of nitrogens with zero attached hydrogens (tertiary/aromatic N) is 1. The first kappa shape index (κ1) is 11.3. The monoisotopic (exact) mass is 229 g/mol. The van der Waals surface area contributed by atoms with Crippen LogP contribution < -0.4 is 0 Å². The summed E-state index contributed by atoms with van der Waals surface area (Å²) in [6, 6.07) is 4.44. The number of oxime groups is 1. The van der Waals surface area contributed by atoms with E-state index < -0.39 is 12.6 Å². The van der Waals surface area contributed by atoms with Gasteiger partial charge in [-0.2, -0.15) is 0 Å². The van der Waals surface area contributed by atoms with Crippen LogP contribution in [0, 0.1) is 0 Å². The van der Waals surface area contributed by atoms with Crippen molar-refractivity contribution < 1.29 is 19.8 Å². The van der Waals surface area contributed by atoms with Crippen molar-refractivity contribution in [3.05, 3.63) is 28.8 Å². The van der Waals surface area contributed by atoms with Gasteiger partial charge in [0.2, 0.25) is 6.61 Å². The van der Waals surface area contributed by atoms with E-state index in [1.165, 1.54) is 18.3 Å². The van der Waals surface area contributed by atoms with Crippen molar-refractivity contribution in [3.8, 4) is 5.75 Å². The highest BCUT2D eigenvalue weighted by molar-refractivity contribution is 6.32. The van der Waals surface area contributed by atoms with Gasteiger partial charge in [0.05, 0.1) is 11.2 Å². The maximum absolute atomic E-state index is 10.1. The SMILES string of the molecule is O=C(O)CON=Cc1ccc(O)c(Cl)c1. The van der Waals surface area contributed by atoms with Crippen LogP contribution in [0.1, 0.15) is 5.56 Å². The smallest absolute Gasteiger partial charge is 0.344 e. The van der Waals surface area contributed by atoms with E-state index in [9.17, 15) is 4.79 Å². The summed E-state index contributed by atoms with van der Waals surface area (Å²) in [5.74, 6) is -1.13. The molecule has 0 saturated carbocycles. The fraction of sp³-hybridized carbons (Fsp3) is 0.111. The average molecular weight is 230 g/mol. The van der Waals surface area contributed by atoms with Gasteiger partial charge in [-0.1, -0.05) is 16.8 Å². The molecule has 0 radical (unpaired) electrons. The van der Waals surface area contributed by atoms with Gasteiger partial charge in [-0.3, -0.25) is 0 Å². The van der Waals surface area contributed by atoms with Crippen LogP contribution in [0.4, 0.5) is 0 Å². The molecule has 15 heavy (non-hydrogen) atoms. The topological polar surface area (TPSA) is 79.1 Å². The minimum Gasteiger partial charge on any atom is -0.506 e. The first-order valence-electron chi connectivity index (χ1n) is 3.95. The van der Waals surface area contributed by atoms with Crippen molar-refractivity contribution in [1.82, 2.24) is 0 Å². The van der Waals surface area contributed by atoms with E-state index in [0.29, 0.717) is 5.56 Å². The number of carbonyl (C=O) groups is 1. The molecule has 5 nitrogen and oxygen atoms in total. The molecular formula is C9H8ClNO4. The fourth-order valence-corrected chi connectivity index (χ4v) is 0.983. The van der Waals surface area contributed by atoms with E-state index in [4.69, 9.17) is 21.8 Å². The summed E-state index contributed by atoms with van der Waals surface area (Å²) in [6.45, 7) is -0.498. The van der Waals surface area contributed by atoms with Crippen molar-refractivity contribution >= 4 is 23.8 Å². The van der Waals surface area contributed by atoms with Crippen molar-refractivity contribution in [2.24, 2.45) is 5.16 Å². The molecule has 0 spiro atoms. The molecule has 0 heterocycles. The van der Waals surface area contributed by atoms with Crippen LogP contribution in [0.3, 0.4) is 0 Å². The minimum absolute atomic E-state index is 0.0275. The highest BCUT2D eigenvalue weighted by Gasteiger charge is 1.98. The predicted molar refractivity (Wildman–Crippen MR) is 54.3 cm³/mol. The van der Waals surface area contributed by atoms with Crippen molar-refractivity contribution in [2.45, 2.75) is 0 Å². The van der Waals surface area contributed by atoms with Gasteiger partial charge in [-0.25, -0.2) is 4.79 Å². The van der Waals surface area contributed by atoms with Gasteiger partial charge in [-0.15, -0.1) is 0 Å². The lowest BCUT2D eigenvalue weighted by atomic mass is 10.2. The highest BCUT2D eigenvalue weighted by atomic mass is 35.5. The lowest BCUT2D eigenvalue weighted by Gasteiger charge is -1.97. The van der Waals surface area contributed by atoms with E-state index in [0.717, 1.165) is 0 Å². The molecule has 0 amide bonds. The third kappa shape index (κ3) is 3.86. The number of carboxylic acid groups (broad SMARTS) is 1. The van der Waals surface area contributed by atoms with Gasteiger partial charge in [-0.05, 0) is 23.8 Å². The molecule has 1 aromatic rings. The van der Waals surface area contributed by atoms with Gasteiger partial charge < -0.3 is 15.1 Å². The van der Waals surface area contributed by atoms with Crippen LogP contribution >= 0.6 is 11.6 Å². The van der Waals surface area contributed by atoms with Crippen LogP contribution in [-0.4, -0.2) is 29.0 Å². The molecule has 1 aromatic carbocycles. The van der Waals surface area contributed by atoms with Crippen molar-refractivity contribution in [1.29, 1.82) is 0 Å². The summed E-state index contributed by atoms with van der Waals surface area (Å²) in [5.41, 5.74) is 0.600. The first-order chi connectivity index (χ1) is 7.09. The number of rotatable bonds is 4. The first-order valence-corrected chi connectivity index (χ1v) is 4.33. The second kappa shape index (κ2) is 5.21. The second-order valence-corrected chi connectivity index (χ2v) is 3.02. The lowest BCUT2D eigenvalue weighted by Crippen LogP contribution is -2.03. The maximum Gasteiger partial charge on any atom is 0.344 e. The van der Waals surface area contributed by atoms with Crippen LogP contribution in [0.15, 0.2) is 23.4 Å². The quantitative estimate of drug-likeness (QED) is 0.606. The zero-order valence-corrected chi connectivity index (χ0v) is 8.31. The Labute approximate surface area is 90.5 Å². The van der Waals surface area contributed by atoms with E-state index in [2.05, 4.69) is 9.99 Å². The van der Waals surface area contributed by atoms with Gasteiger partial charge >= 0.3 is 5.97 Å². The standard InChI is InChI=1S/C9H8ClNO4/c10-7-3-6(1-2-8(7)12)4-11-15-5-9(13)14/h1-4,12H,5H2,(H,13,14). The fourth-order valence-electron chi connectivity index (χ4n) is 0.794. The van der Waals surface area contributed by atoms with Crippen molar-refractivity contribution in [2.75, 3.05) is 6.61 Å². The molecule has 0 atom stereocenters. The average Bonchev–Trinajstić information content (AvgIpc) is 2.18. The molecule has 0 aliphatic heterocycles. The molecule has 0 aromatic heterocycles. The normalized spacial score (nSPS) is 10.5. The van der Waals surface area contributed by atoms with Gasteiger partial charge in [0, 0.05) is 0 Å². The number of halogens is 1. The number of benzene rings is 1. The Morgan fingerprint density at radius 2 is 2.33 bits per heavy atom. The molecular weight excluding hydrogens is 222 g/mol. The molecule has 0 fully saturated rings. The highest BCUT2D eigenvalue weighted by Crippen LogP contribution is 2.22. The number of aromatic hydroxyl groups is 1. The molecule has 1 rings (SSSR count). The number of hydrogen-bond donors (Lipinski definition) is 2. The summed E-state index contributed by atoms with van der Waals surface area (Å²) < 4.78 is 0. The number of carboxylic acids is 1. The molecule has 0 aliphatic rings. The Morgan fingerprint density at radius 1 is 1.60 bits per heavy atom. The Hall–Kier alpha value is -1.75. The Morgan fingerprint density at radius 3 is 2.93 bits per heavy atom. The zero-order valence-electron chi connectivity index (χ0n) is 7.55. The molecule has 2 N–H and O–H groups in total. The predicted octanol–water partition coefficient (Wildman–Crippen LogP) is 1.48. The molecule has 0 unspecified atom stereocenters. The lowest BCUT2D eigenvalue weighted by molar-refractivity contribution is -0.142. The van der Waals surface area contributed by atoms with E-state index in [1.54, 1.807) is 6.07 Å². The third-order valence-corrected chi connectivity index (χ3v) is 1.74. The summed E-state index contributed by atoms with van der Waals surface area (Å²) in [7, 11) is 0. The minimum atomic E-state index is -1.10. The molecule has 0 bridgehead atoms. The van der Waals surface area contributed by atoms with Gasteiger partial charge in [0.15, 0.2) is 0 Å². The van der Waals surface area contributed by atoms with Crippen LogP contribution in [0.25, 0.3) is 0 Å². The summed E-state index contributed by atoms with van der Waals surface area (Å²) in [5, 5.41) is 20.9. The molecule has 80 valence electrons. The maximum atomic E-state index is 10.1. The Balaban J connectivity index is 2.57. The number of hydrogen-bond acceptors (Lipinski definition) is 4. The Kier molecular flexibility index (Phi) is 3.93. The largest absolute Gasteiger partial charge is 0.506 e. The molecule has 6 heteroatoms. The zero-order chi connectivity index (χ0) is 11.3. The van der Waals surface area contributed by atoms with Crippen LogP contribution in [-0.2, 0) is 9.63 Å². The van der Waals surface area contributed by atoms with Gasteiger partial charge in [0.25, 0.3) is 0 Å². The number of phenols is 1. The summed E-state index contributed by atoms with van der Waals surface area (Å²) >= 11 is 5.63. The summed E-state index contributed by atoms with van der Waals surface area (Å²) in [4.78, 5) is 14.5. The van der Waals surface area contributed by atoms with Crippen LogP contribution in [0.2, 0.25) is 5.02 Å². The van der Waals surface area contributed by atoms with E-state index in [-0.39, 0.29) is 10.8 Å². The van der Waals surface area contributed by atoms with Crippen LogP contribution in [0.5, 0.6) is 5.75 Å². The van der Waals surface area contributed by atoms with Crippen molar-refractivity contribution in [3.63, 3.8) is 0 Å².